The third-order valence-electron chi connectivity index (χ3n) is 2.19. The number of aromatic hydroxyl groups is 1. The topological polar surface area (TPSA) is 33.1 Å². The van der Waals surface area contributed by atoms with Crippen molar-refractivity contribution in [2.24, 2.45) is 0 Å². The van der Waals surface area contributed by atoms with Crippen LogP contribution in [0.2, 0.25) is 0 Å². The number of nitrogens with zero attached hydrogens (tertiary/aromatic N) is 1. The Kier molecular flexibility index (Phi) is 2.36. The number of rotatable bonds is 1. The van der Waals surface area contributed by atoms with E-state index in [0.717, 1.165) is 16.8 Å². The molecule has 0 amide bonds. The summed E-state index contributed by atoms with van der Waals surface area (Å²) in [5.74, 6) is 0.731. The Balaban J connectivity index is 3.27. The lowest BCUT2D eigenvalue weighted by Crippen LogP contribution is -1.95. The summed E-state index contributed by atoms with van der Waals surface area (Å²) in [7, 11) is 0. The van der Waals surface area contributed by atoms with Crippen LogP contribution in [-0.4, -0.2) is 10.1 Å². The molecule has 0 unspecified atom stereocenters. The molecule has 0 aromatic carbocycles. The van der Waals surface area contributed by atoms with Gasteiger partial charge in [0.05, 0.1) is 0 Å². The second-order valence-electron chi connectivity index (χ2n) is 3.43. The number of hydrogen-bond donors (Lipinski definition) is 1. The average molecular weight is 165 g/mol. The van der Waals surface area contributed by atoms with E-state index in [0.29, 0.717) is 11.7 Å². The van der Waals surface area contributed by atoms with Crippen LogP contribution < -0.4 is 0 Å². The van der Waals surface area contributed by atoms with E-state index in [-0.39, 0.29) is 0 Å². The molecule has 1 N–H and O–H groups in total. The summed E-state index contributed by atoms with van der Waals surface area (Å²) in [5, 5.41) is 9.71. The Labute approximate surface area is 73.3 Å². The quantitative estimate of drug-likeness (QED) is 0.693. The van der Waals surface area contributed by atoms with Crippen molar-refractivity contribution in [1.82, 2.24) is 4.98 Å². The van der Waals surface area contributed by atoms with Crippen molar-refractivity contribution in [3.8, 4) is 5.75 Å². The SMILES string of the molecule is Cc1ncc(C(C)C)c(O)c1C. The van der Waals surface area contributed by atoms with Crippen LogP contribution in [0.1, 0.15) is 36.6 Å². The lowest BCUT2D eigenvalue weighted by molar-refractivity contribution is 0.458. The van der Waals surface area contributed by atoms with Gasteiger partial charge in [0.25, 0.3) is 0 Å². The molecular weight excluding hydrogens is 150 g/mol. The summed E-state index contributed by atoms with van der Waals surface area (Å²) < 4.78 is 0. The first-order valence-corrected chi connectivity index (χ1v) is 4.19. The molecule has 1 rings (SSSR count). The van der Waals surface area contributed by atoms with Crippen molar-refractivity contribution in [2.75, 3.05) is 0 Å². The van der Waals surface area contributed by atoms with Gasteiger partial charge in [-0.05, 0) is 19.8 Å². The van der Waals surface area contributed by atoms with Crippen LogP contribution in [0.15, 0.2) is 6.20 Å². The fourth-order valence-electron chi connectivity index (χ4n) is 1.13. The highest BCUT2D eigenvalue weighted by atomic mass is 16.3. The van der Waals surface area contributed by atoms with Crippen LogP contribution in [0.25, 0.3) is 0 Å². The normalized spacial score (nSPS) is 10.8. The lowest BCUT2D eigenvalue weighted by Gasteiger charge is -2.10. The first-order chi connectivity index (χ1) is 5.54. The van der Waals surface area contributed by atoms with Gasteiger partial charge < -0.3 is 5.11 Å². The van der Waals surface area contributed by atoms with E-state index in [2.05, 4.69) is 4.98 Å². The molecule has 1 heterocycles. The Hall–Kier alpha value is -1.05. The van der Waals surface area contributed by atoms with Crippen molar-refractivity contribution < 1.29 is 5.11 Å². The van der Waals surface area contributed by atoms with Crippen LogP contribution in [0.5, 0.6) is 5.75 Å². The highest BCUT2D eigenvalue weighted by molar-refractivity contribution is 5.41. The van der Waals surface area contributed by atoms with Gasteiger partial charge in [0.15, 0.2) is 0 Å². The van der Waals surface area contributed by atoms with E-state index in [9.17, 15) is 5.11 Å². The molecule has 0 atom stereocenters. The number of pyridine rings is 1. The van der Waals surface area contributed by atoms with E-state index in [1.54, 1.807) is 6.20 Å². The zero-order valence-electron chi connectivity index (χ0n) is 8.05. The van der Waals surface area contributed by atoms with Gasteiger partial charge in [-0.2, -0.15) is 0 Å². The van der Waals surface area contributed by atoms with E-state index in [1.807, 2.05) is 27.7 Å². The first-order valence-electron chi connectivity index (χ1n) is 4.19. The molecule has 12 heavy (non-hydrogen) atoms. The van der Waals surface area contributed by atoms with Gasteiger partial charge in [-0.15, -0.1) is 0 Å². The second kappa shape index (κ2) is 3.13. The predicted octanol–water partition coefficient (Wildman–Crippen LogP) is 2.53. The molecule has 0 aliphatic rings. The average Bonchev–Trinajstić information content (AvgIpc) is 2.00. The molecular formula is C10H15NO. The van der Waals surface area contributed by atoms with Gasteiger partial charge in [0.1, 0.15) is 5.75 Å². The molecule has 66 valence electrons. The van der Waals surface area contributed by atoms with Crippen LogP contribution in [0.3, 0.4) is 0 Å². The third-order valence-corrected chi connectivity index (χ3v) is 2.19. The summed E-state index contributed by atoms with van der Waals surface area (Å²) in [4.78, 5) is 4.20. The van der Waals surface area contributed by atoms with Crippen LogP contribution in [0.4, 0.5) is 0 Å². The molecule has 2 heteroatoms. The minimum absolute atomic E-state index is 0.330. The Morgan fingerprint density at radius 3 is 2.42 bits per heavy atom. The molecule has 0 fully saturated rings. The molecule has 0 saturated heterocycles. The van der Waals surface area contributed by atoms with Crippen molar-refractivity contribution in [1.29, 1.82) is 0 Å². The van der Waals surface area contributed by atoms with Gasteiger partial charge >= 0.3 is 0 Å². The van der Waals surface area contributed by atoms with Crippen LogP contribution in [-0.2, 0) is 0 Å². The van der Waals surface area contributed by atoms with E-state index in [1.165, 1.54) is 0 Å². The minimum atomic E-state index is 0.330. The molecule has 0 bridgehead atoms. The maximum absolute atomic E-state index is 9.71. The number of aryl methyl sites for hydroxylation is 1. The van der Waals surface area contributed by atoms with E-state index >= 15 is 0 Å². The highest BCUT2D eigenvalue weighted by Gasteiger charge is 2.09. The monoisotopic (exact) mass is 165 g/mol. The molecule has 0 spiro atoms. The standard InChI is InChI=1S/C10H15NO/c1-6(2)9-5-11-8(4)7(3)10(9)12/h5-6H,1-4H3,(H,11,12). The molecule has 0 aliphatic heterocycles. The summed E-state index contributed by atoms with van der Waals surface area (Å²) in [6.45, 7) is 7.89. The summed E-state index contributed by atoms with van der Waals surface area (Å²) in [5.41, 5.74) is 2.72. The van der Waals surface area contributed by atoms with Gasteiger partial charge in [0.2, 0.25) is 0 Å². The highest BCUT2D eigenvalue weighted by Crippen LogP contribution is 2.28. The Bertz CT molecular complexity index is 292. The van der Waals surface area contributed by atoms with E-state index < -0.39 is 0 Å². The molecule has 0 saturated carbocycles. The predicted molar refractivity (Wildman–Crippen MR) is 49.5 cm³/mol. The maximum Gasteiger partial charge on any atom is 0.125 e. The maximum atomic E-state index is 9.71. The van der Waals surface area contributed by atoms with Gasteiger partial charge in [-0.1, -0.05) is 13.8 Å². The zero-order valence-corrected chi connectivity index (χ0v) is 8.05. The van der Waals surface area contributed by atoms with Crippen molar-refractivity contribution in [2.45, 2.75) is 33.6 Å². The molecule has 0 aliphatic carbocycles. The largest absolute Gasteiger partial charge is 0.507 e. The van der Waals surface area contributed by atoms with Gasteiger partial charge in [-0.25, -0.2) is 0 Å². The summed E-state index contributed by atoms with van der Waals surface area (Å²) in [6.07, 6.45) is 1.75. The Morgan fingerprint density at radius 1 is 1.33 bits per heavy atom. The minimum Gasteiger partial charge on any atom is -0.507 e. The summed E-state index contributed by atoms with van der Waals surface area (Å²) >= 11 is 0. The lowest BCUT2D eigenvalue weighted by atomic mass is 10.0. The number of hydrogen-bond acceptors (Lipinski definition) is 2. The van der Waals surface area contributed by atoms with Crippen molar-refractivity contribution >= 4 is 0 Å². The smallest absolute Gasteiger partial charge is 0.125 e. The fraction of sp³-hybridized carbons (Fsp3) is 0.500. The van der Waals surface area contributed by atoms with E-state index in [4.69, 9.17) is 0 Å². The molecule has 1 aromatic heterocycles. The van der Waals surface area contributed by atoms with Crippen molar-refractivity contribution in [3.63, 3.8) is 0 Å². The summed E-state index contributed by atoms with van der Waals surface area (Å²) in [6, 6.07) is 0. The molecule has 2 nitrogen and oxygen atoms in total. The van der Waals surface area contributed by atoms with Crippen LogP contribution >= 0.6 is 0 Å². The van der Waals surface area contributed by atoms with Crippen molar-refractivity contribution in [3.05, 3.63) is 23.0 Å². The first kappa shape index (κ1) is 9.04. The molecule has 0 radical (unpaired) electrons. The second-order valence-corrected chi connectivity index (χ2v) is 3.43. The zero-order chi connectivity index (χ0) is 9.30. The number of aromatic nitrogens is 1. The fourth-order valence-corrected chi connectivity index (χ4v) is 1.13. The Morgan fingerprint density at radius 2 is 1.92 bits per heavy atom. The van der Waals surface area contributed by atoms with Crippen LogP contribution in [0, 0.1) is 13.8 Å². The third kappa shape index (κ3) is 1.42. The van der Waals surface area contributed by atoms with Gasteiger partial charge in [-0.3, -0.25) is 4.98 Å². The van der Waals surface area contributed by atoms with Gasteiger partial charge in [0, 0.05) is 23.0 Å². The molecule has 1 aromatic rings.